The third-order valence-corrected chi connectivity index (χ3v) is 6.50. The molecule has 172 valence electrons. The normalized spacial score (nSPS) is 11.2. The van der Waals surface area contributed by atoms with Crippen molar-refractivity contribution in [2.75, 3.05) is 5.32 Å². The zero-order valence-electron chi connectivity index (χ0n) is 18.7. The van der Waals surface area contributed by atoms with Crippen LogP contribution in [0.25, 0.3) is 21.9 Å². The number of nitrogens with one attached hydrogen (secondary N) is 1. The van der Waals surface area contributed by atoms with Crippen molar-refractivity contribution < 1.29 is 9.53 Å². The van der Waals surface area contributed by atoms with Crippen LogP contribution >= 0.6 is 11.3 Å². The second-order valence-corrected chi connectivity index (χ2v) is 8.95. The number of anilines is 1. The molecule has 7 nitrogen and oxygen atoms in total. The third-order valence-electron chi connectivity index (χ3n) is 5.61. The van der Waals surface area contributed by atoms with Gasteiger partial charge in [-0.3, -0.25) is 9.20 Å². The molecule has 0 radical (unpaired) electrons. The lowest BCUT2D eigenvalue weighted by atomic mass is 10.2. The Kier molecular flexibility index (Phi) is 5.48. The standard InChI is InChI=1S/C27H21N5O2S/c33-26(14-22-18-35-27-30-24(16-32(22)27)19-7-2-1-3-8-19)29-20-9-6-10-23(13-20)34-17-21-15-31-12-5-4-11-25(31)28-21/h1-13,15-16,18H,14,17H2,(H,29,33). The van der Waals surface area contributed by atoms with Gasteiger partial charge in [0.25, 0.3) is 0 Å². The van der Waals surface area contributed by atoms with E-state index in [0.717, 1.165) is 33.3 Å². The topological polar surface area (TPSA) is 72.9 Å². The molecule has 0 saturated carbocycles. The van der Waals surface area contributed by atoms with Crippen LogP contribution < -0.4 is 10.1 Å². The summed E-state index contributed by atoms with van der Waals surface area (Å²) >= 11 is 1.53. The second-order valence-electron chi connectivity index (χ2n) is 8.11. The van der Waals surface area contributed by atoms with Crippen molar-refractivity contribution in [1.82, 2.24) is 18.8 Å². The first-order chi connectivity index (χ1) is 17.2. The summed E-state index contributed by atoms with van der Waals surface area (Å²) in [5.74, 6) is 0.567. The maximum Gasteiger partial charge on any atom is 0.230 e. The molecule has 0 atom stereocenters. The summed E-state index contributed by atoms with van der Waals surface area (Å²) < 4.78 is 9.86. The van der Waals surface area contributed by atoms with Crippen LogP contribution in [0.15, 0.2) is 96.8 Å². The molecule has 4 aromatic heterocycles. The maximum atomic E-state index is 12.8. The van der Waals surface area contributed by atoms with Gasteiger partial charge in [-0.25, -0.2) is 9.97 Å². The molecular weight excluding hydrogens is 458 g/mol. The summed E-state index contributed by atoms with van der Waals surface area (Å²) in [6, 6.07) is 23.3. The Labute approximate surface area is 205 Å². The lowest BCUT2D eigenvalue weighted by Gasteiger charge is -2.08. The Balaban J connectivity index is 1.11. The molecule has 0 aliphatic carbocycles. The minimum atomic E-state index is -0.0999. The van der Waals surface area contributed by atoms with E-state index in [9.17, 15) is 4.79 Å². The van der Waals surface area contributed by atoms with Crippen LogP contribution in [0.4, 0.5) is 5.69 Å². The molecule has 8 heteroatoms. The quantitative estimate of drug-likeness (QED) is 0.330. The molecule has 1 N–H and O–H groups in total. The number of carbonyl (C=O) groups is 1. The summed E-state index contributed by atoms with van der Waals surface area (Å²) in [5.41, 5.74) is 5.25. The summed E-state index contributed by atoms with van der Waals surface area (Å²) in [7, 11) is 0. The largest absolute Gasteiger partial charge is 0.487 e. The fourth-order valence-corrected chi connectivity index (χ4v) is 4.82. The van der Waals surface area contributed by atoms with Crippen LogP contribution in [0.1, 0.15) is 11.4 Å². The smallest absolute Gasteiger partial charge is 0.230 e. The fourth-order valence-electron chi connectivity index (χ4n) is 3.95. The highest BCUT2D eigenvalue weighted by Gasteiger charge is 2.13. The number of fused-ring (bicyclic) bond motifs is 2. The zero-order valence-corrected chi connectivity index (χ0v) is 19.5. The van der Waals surface area contributed by atoms with Crippen LogP contribution in [-0.2, 0) is 17.8 Å². The number of aromatic nitrogens is 4. The molecule has 6 aromatic rings. The van der Waals surface area contributed by atoms with Gasteiger partial charge >= 0.3 is 0 Å². The summed E-state index contributed by atoms with van der Waals surface area (Å²) in [6.45, 7) is 0.344. The number of nitrogens with zero attached hydrogens (tertiary/aromatic N) is 4. The molecule has 0 saturated heterocycles. The van der Waals surface area contributed by atoms with Gasteiger partial charge in [0, 0.05) is 47.0 Å². The van der Waals surface area contributed by atoms with E-state index in [1.54, 1.807) is 0 Å². The average molecular weight is 480 g/mol. The number of rotatable bonds is 7. The van der Waals surface area contributed by atoms with E-state index >= 15 is 0 Å². The molecule has 2 aromatic carbocycles. The van der Waals surface area contributed by atoms with Crippen LogP contribution in [0.2, 0.25) is 0 Å². The highest BCUT2D eigenvalue weighted by atomic mass is 32.1. The van der Waals surface area contributed by atoms with Gasteiger partial charge in [0.2, 0.25) is 5.91 Å². The SMILES string of the molecule is O=C(Cc1csc2nc(-c3ccccc3)cn12)Nc1cccc(OCc2cn3ccccc3n2)c1. The van der Waals surface area contributed by atoms with Gasteiger partial charge in [0.1, 0.15) is 18.0 Å². The molecule has 0 aliphatic rings. The van der Waals surface area contributed by atoms with Crippen LogP contribution in [0.3, 0.4) is 0 Å². The van der Waals surface area contributed by atoms with E-state index in [4.69, 9.17) is 9.72 Å². The highest BCUT2D eigenvalue weighted by Crippen LogP contribution is 2.24. The van der Waals surface area contributed by atoms with Crippen molar-refractivity contribution in [3.05, 3.63) is 108 Å². The van der Waals surface area contributed by atoms with Crippen molar-refractivity contribution in [3.8, 4) is 17.0 Å². The van der Waals surface area contributed by atoms with Crippen molar-refractivity contribution in [1.29, 1.82) is 0 Å². The third kappa shape index (κ3) is 4.51. The van der Waals surface area contributed by atoms with Gasteiger partial charge in [-0.15, -0.1) is 11.3 Å². The van der Waals surface area contributed by atoms with E-state index in [2.05, 4.69) is 10.3 Å². The minimum absolute atomic E-state index is 0.0999. The Bertz CT molecular complexity index is 1600. The number of imidazole rings is 2. The fraction of sp³-hybridized carbons (Fsp3) is 0.0741. The molecule has 0 spiro atoms. The second kappa shape index (κ2) is 9.08. The van der Waals surface area contributed by atoms with Crippen molar-refractivity contribution >= 4 is 33.5 Å². The molecule has 0 fully saturated rings. The number of benzene rings is 2. The molecule has 1 amide bonds. The molecular formula is C27H21N5O2S. The first-order valence-electron chi connectivity index (χ1n) is 11.2. The first-order valence-corrected chi connectivity index (χ1v) is 12.1. The molecule has 0 aliphatic heterocycles. The summed E-state index contributed by atoms with van der Waals surface area (Å²) in [5, 5.41) is 4.95. The highest BCUT2D eigenvalue weighted by molar-refractivity contribution is 7.15. The Morgan fingerprint density at radius 3 is 2.74 bits per heavy atom. The van der Waals surface area contributed by atoms with Gasteiger partial charge in [0.15, 0.2) is 4.96 Å². The first kappa shape index (κ1) is 21.1. The monoisotopic (exact) mass is 479 g/mol. The van der Waals surface area contributed by atoms with Gasteiger partial charge in [-0.1, -0.05) is 42.5 Å². The zero-order chi connectivity index (χ0) is 23.6. The predicted molar refractivity (Wildman–Crippen MR) is 137 cm³/mol. The summed E-state index contributed by atoms with van der Waals surface area (Å²) in [4.78, 5) is 22.9. The number of amides is 1. The van der Waals surface area contributed by atoms with Crippen LogP contribution in [0, 0.1) is 0 Å². The van der Waals surface area contributed by atoms with Gasteiger partial charge < -0.3 is 14.5 Å². The average Bonchev–Trinajstić information content (AvgIpc) is 3.59. The van der Waals surface area contributed by atoms with Gasteiger partial charge in [0.05, 0.1) is 17.8 Å². The lowest BCUT2D eigenvalue weighted by Crippen LogP contribution is -2.15. The van der Waals surface area contributed by atoms with E-state index in [0.29, 0.717) is 18.0 Å². The molecule has 0 unspecified atom stereocenters. The van der Waals surface area contributed by atoms with Crippen LogP contribution in [-0.4, -0.2) is 24.7 Å². The Hall–Kier alpha value is -4.43. The van der Waals surface area contributed by atoms with Gasteiger partial charge in [-0.05, 0) is 24.3 Å². The molecule has 4 heterocycles. The van der Waals surface area contributed by atoms with Gasteiger partial charge in [-0.2, -0.15) is 0 Å². The van der Waals surface area contributed by atoms with Crippen molar-refractivity contribution in [3.63, 3.8) is 0 Å². The number of hydrogen-bond acceptors (Lipinski definition) is 5. The predicted octanol–water partition coefficient (Wildman–Crippen LogP) is 5.47. The number of hydrogen-bond donors (Lipinski definition) is 1. The number of carbonyl (C=O) groups excluding carboxylic acids is 1. The Morgan fingerprint density at radius 1 is 0.971 bits per heavy atom. The molecule has 6 rings (SSSR count). The van der Waals surface area contributed by atoms with E-state index in [1.165, 1.54) is 11.3 Å². The number of thiazole rings is 1. The number of pyridine rings is 1. The van der Waals surface area contributed by atoms with Crippen molar-refractivity contribution in [2.45, 2.75) is 13.0 Å². The Morgan fingerprint density at radius 2 is 1.86 bits per heavy atom. The lowest BCUT2D eigenvalue weighted by molar-refractivity contribution is -0.115. The molecule has 0 bridgehead atoms. The van der Waals surface area contributed by atoms with E-state index < -0.39 is 0 Å². The van der Waals surface area contributed by atoms with Crippen LogP contribution in [0.5, 0.6) is 5.75 Å². The maximum absolute atomic E-state index is 12.8. The van der Waals surface area contributed by atoms with E-state index in [-0.39, 0.29) is 12.3 Å². The molecule has 35 heavy (non-hydrogen) atoms. The minimum Gasteiger partial charge on any atom is -0.487 e. The summed E-state index contributed by atoms with van der Waals surface area (Å²) in [6.07, 6.45) is 6.13. The van der Waals surface area contributed by atoms with Crippen molar-refractivity contribution in [2.24, 2.45) is 0 Å². The number of ether oxygens (including phenoxy) is 1. The van der Waals surface area contributed by atoms with E-state index in [1.807, 2.05) is 106 Å².